The first kappa shape index (κ1) is 99.0. The summed E-state index contributed by atoms with van der Waals surface area (Å²) in [7, 11) is -1.36. The molecule has 133 heavy (non-hydrogen) atoms. The monoisotopic (exact) mass is 2100 g/mol. The molecule has 0 bridgehead atoms. The van der Waals surface area contributed by atoms with E-state index in [-0.39, 0.29) is 43.0 Å². The smallest absolute Gasteiger partial charge is 0.427 e. The first-order valence-electron chi connectivity index (χ1n) is 45.4. The lowest BCUT2D eigenvalue weighted by Gasteiger charge is -2.32. The SMILES string of the molecule is CC1(C)OB(c2ccc(C3CC3)c(Cl)c2)OC1(C)C.Clc1cc(I)ccc1C1CC1.N#Cc1ccc(CC(=O)N2CCn3nc(-c4ccc(C5CC5)c(Cl)c4)c(C(N)=O)c3C2)cc1.NC(=O)c1c(-c2ccc(C3CC3)c(Cl)c2)nn2c1CCCC2.NC(=O)c1c(-c2ccc(C3CC3)c(Cl)c2)nn2c1CNCC2.Nc1ccc(Br)c(Cl)c1.Nc1ccc(C2CC2)c(Cl)c1.OB(O)C1CC1. The molecule has 22 nitrogen and oxygen atoms in total. The highest BCUT2D eigenvalue weighted by atomic mass is 127. The number of hydrogen-bond donors (Lipinski definition) is 8. The third kappa shape index (κ3) is 25.1. The standard InChI is InChI=1S/C25H22ClN5O2.C17H18ClN3O.C16H17ClN4O.C15H20BClO2.C9H8ClI.C9H10ClN.C6H5BrClN.C3H7BO2/c26-20-12-18(7-8-19(20)17-5-6-17)24-23(25(28)33)21-14-30(9-10-31(21)29-24)22(32)11-15-1-3-16(13-27)4-2-15;18-13-9-11(6-7-12(13)10-4-5-10)16-15(17(19)22)14-3-1-2-8-21(14)20-16;17-12-7-10(3-4-11(12)9-1-2-9)15-14(16(18)22)13-8-19-5-6-21(13)20-15;1-14(2)15(3,4)19-16(18-14)11-7-8-12(10-5-6-10)13(17)9-11;2*10-9-5-7(11)3-4-8(9)6-1-2-6;7-5-2-1-4(9)3-6(5)8;5-4(6)3-1-2-3/h1-4,7-8,12,17H,5-6,9-11,14H2,(H2,28,33);6-7,9-10H,1-5,8H2,(H2,19,22);3-4,7,9,19H,1-2,5-6,8H2,(H2,18,22);7-10H,5-6H2,1-4H3;3-6H,1-2H2;3-6H,1-2,11H2;1-3H,9H2;3,5-6H,1-2H2. The lowest BCUT2D eigenvalue weighted by Crippen LogP contribution is -2.41. The molecule has 8 fully saturated rings. The number of benzene rings is 8. The molecule has 13 N–H and O–H groups in total. The summed E-state index contributed by atoms with van der Waals surface area (Å²) in [6.07, 6.45) is 20.1. The molecular formula is C100H107B2BrCl7IN14O8. The zero-order valence-corrected chi connectivity index (χ0v) is 83.6. The van der Waals surface area contributed by atoms with Gasteiger partial charge in [0.05, 0.1) is 87.7 Å². The number of rotatable bonds is 16. The largest absolute Gasteiger partial charge is 0.494 e. The highest BCUT2D eigenvalue weighted by Crippen LogP contribution is 2.50. The summed E-state index contributed by atoms with van der Waals surface area (Å²) in [5.74, 6) is 2.60. The molecule has 7 aliphatic carbocycles. The summed E-state index contributed by atoms with van der Waals surface area (Å²) < 4.78 is 19.7. The van der Waals surface area contributed by atoms with Crippen LogP contribution in [-0.2, 0) is 59.7 Å². The normalized spacial score (nSPS) is 17.4. The van der Waals surface area contributed by atoms with Crippen molar-refractivity contribution in [1.29, 1.82) is 5.26 Å². The molecule has 0 radical (unpaired) electrons. The van der Waals surface area contributed by atoms with Gasteiger partial charge in [-0.25, -0.2) is 0 Å². The maximum absolute atomic E-state index is 12.9. The fraction of sp³-hybridized carbons (Fsp3) is 0.380. The van der Waals surface area contributed by atoms with Gasteiger partial charge in [0, 0.05) is 92.4 Å². The number of nitriles is 1. The van der Waals surface area contributed by atoms with Crippen LogP contribution in [0.5, 0.6) is 0 Å². The van der Waals surface area contributed by atoms with Crippen molar-refractivity contribution in [2.75, 3.05) is 24.6 Å². The van der Waals surface area contributed by atoms with Crippen LogP contribution in [0.3, 0.4) is 0 Å². The van der Waals surface area contributed by atoms with E-state index in [1.165, 1.54) is 95.6 Å². The molecule has 11 aliphatic rings. The number of nitrogens with two attached hydrogens (primary N) is 5. The molecule has 1 saturated heterocycles. The number of amides is 4. The number of aryl methyl sites for hydroxylation is 1. The number of nitrogens with zero attached hydrogens (tertiary/aromatic N) is 8. The van der Waals surface area contributed by atoms with Crippen molar-refractivity contribution >= 4 is 174 Å². The van der Waals surface area contributed by atoms with Gasteiger partial charge in [-0.2, -0.15) is 20.6 Å². The van der Waals surface area contributed by atoms with Crippen LogP contribution in [0.1, 0.15) is 259 Å². The van der Waals surface area contributed by atoms with Crippen molar-refractivity contribution in [1.82, 2.24) is 39.6 Å². The van der Waals surface area contributed by atoms with E-state index in [4.69, 9.17) is 134 Å². The van der Waals surface area contributed by atoms with Gasteiger partial charge in [0.1, 0.15) is 17.1 Å². The van der Waals surface area contributed by atoms with E-state index >= 15 is 0 Å². The van der Waals surface area contributed by atoms with Crippen molar-refractivity contribution in [2.24, 2.45) is 17.2 Å². The lowest BCUT2D eigenvalue weighted by molar-refractivity contribution is -0.132. The molecule has 8 aromatic carbocycles. The summed E-state index contributed by atoms with van der Waals surface area (Å²) in [6.45, 7) is 12.5. The van der Waals surface area contributed by atoms with Gasteiger partial charge in [-0.3, -0.25) is 33.2 Å². The Labute approximate surface area is 833 Å². The zero-order valence-electron chi connectivity index (χ0n) is 74.5. The topological polar surface area (TPSA) is 350 Å². The predicted molar refractivity (Wildman–Crippen MR) is 544 cm³/mol. The van der Waals surface area contributed by atoms with Crippen molar-refractivity contribution in [2.45, 2.75) is 229 Å². The molecule has 0 spiro atoms. The second kappa shape index (κ2) is 43.1. The minimum Gasteiger partial charge on any atom is -0.427 e. The van der Waals surface area contributed by atoms with Crippen LogP contribution in [-0.4, -0.2) is 106 Å². The maximum atomic E-state index is 12.9. The molecule has 7 saturated carbocycles. The van der Waals surface area contributed by atoms with Crippen LogP contribution in [0.4, 0.5) is 11.4 Å². The highest BCUT2D eigenvalue weighted by Gasteiger charge is 2.52. The Morgan fingerprint density at radius 2 is 0.895 bits per heavy atom. The van der Waals surface area contributed by atoms with E-state index in [9.17, 15) is 19.2 Å². The van der Waals surface area contributed by atoms with E-state index in [0.29, 0.717) is 110 Å². The number of fused-ring (bicyclic) bond motifs is 3. The summed E-state index contributed by atoms with van der Waals surface area (Å²) in [5.41, 5.74) is 46.7. The van der Waals surface area contributed by atoms with Gasteiger partial charge in [-0.1, -0.05) is 167 Å². The molecule has 4 amide bonds. The van der Waals surface area contributed by atoms with Gasteiger partial charge >= 0.3 is 14.2 Å². The second-order valence-corrected chi connectivity index (χ2v) is 41.8. The van der Waals surface area contributed by atoms with Crippen molar-refractivity contribution in [3.63, 3.8) is 0 Å². The van der Waals surface area contributed by atoms with Crippen LogP contribution >= 0.6 is 120 Å². The molecule has 3 aromatic heterocycles. The minimum absolute atomic E-state index is 0.0547. The third-order valence-electron chi connectivity index (χ3n) is 25.9. The van der Waals surface area contributed by atoms with Crippen LogP contribution in [0.15, 0.2) is 156 Å². The van der Waals surface area contributed by atoms with E-state index < -0.39 is 24.8 Å². The van der Waals surface area contributed by atoms with Crippen molar-refractivity contribution in [3.05, 3.63) is 273 Å². The quantitative estimate of drug-likeness (QED) is 0.0253. The number of hydrogen-bond acceptors (Lipinski definition) is 15. The number of nitrogens with one attached hydrogen (secondary N) is 1. The van der Waals surface area contributed by atoms with Gasteiger partial charge in [0.2, 0.25) is 5.91 Å². The Hall–Kier alpha value is -8.47. The Bertz CT molecular complexity index is 6020. The summed E-state index contributed by atoms with van der Waals surface area (Å²) in [4.78, 5) is 50.9. The number of halogens is 9. The Morgan fingerprint density at radius 1 is 0.496 bits per heavy atom. The lowest BCUT2D eigenvalue weighted by atomic mass is 9.78. The summed E-state index contributed by atoms with van der Waals surface area (Å²) >= 11 is 49.0. The predicted octanol–water partition coefficient (Wildman–Crippen LogP) is 21.9. The highest BCUT2D eigenvalue weighted by molar-refractivity contribution is 14.1. The number of anilines is 2. The molecule has 0 unspecified atom stereocenters. The van der Waals surface area contributed by atoms with Crippen molar-refractivity contribution < 1.29 is 38.5 Å². The van der Waals surface area contributed by atoms with Gasteiger partial charge in [-0.15, -0.1) is 0 Å². The average molecular weight is 2110 g/mol. The van der Waals surface area contributed by atoms with Gasteiger partial charge in [0.25, 0.3) is 17.7 Å². The summed E-state index contributed by atoms with van der Waals surface area (Å²) in [6, 6.07) is 50.4. The third-order valence-corrected chi connectivity index (χ3v) is 29.8. The van der Waals surface area contributed by atoms with Crippen LogP contribution < -0.4 is 39.4 Å². The van der Waals surface area contributed by atoms with Crippen LogP contribution in [0.2, 0.25) is 41.0 Å². The molecular weight excluding hydrogens is 2000 g/mol. The number of nitrogen functional groups attached to an aromatic ring is 2. The average Bonchev–Trinajstić information content (AvgIpc) is 1.63. The van der Waals surface area contributed by atoms with Crippen LogP contribution in [0.25, 0.3) is 33.8 Å². The summed E-state index contributed by atoms with van der Waals surface area (Å²) in [5, 5.41) is 48.0. The Balaban J connectivity index is 0.000000121. The van der Waals surface area contributed by atoms with Crippen molar-refractivity contribution in [3.8, 4) is 39.8 Å². The maximum Gasteiger partial charge on any atom is 0.494 e. The number of aromatic nitrogens is 6. The fourth-order valence-electron chi connectivity index (χ4n) is 16.6. The molecule has 694 valence electrons. The number of carbonyl (C=O) groups is 4. The van der Waals surface area contributed by atoms with Gasteiger partial charge in [0.15, 0.2) is 0 Å². The van der Waals surface area contributed by atoms with E-state index in [1.54, 1.807) is 46.0 Å². The Morgan fingerprint density at radius 3 is 1.29 bits per heavy atom. The van der Waals surface area contributed by atoms with Gasteiger partial charge < -0.3 is 58.2 Å². The second-order valence-electron chi connectivity index (χ2n) is 36.8. The Kier molecular flexibility index (Phi) is 32.1. The van der Waals surface area contributed by atoms with E-state index in [2.05, 4.69) is 129 Å². The number of carbonyl (C=O) groups excluding carboxylic acids is 4. The van der Waals surface area contributed by atoms with Crippen LogP contribution in [0, 0.1) is 14.9 Å². The molecule has 7 heterocycles. The molecule has 22 rings (SSSR count). The molecule has 11 aromatic rings. The first-order chi connectivity index (χ1) is 63.6. The van der Waals surface area contributed by atoms with Gasteiger partial charge in [-0.05, 0) is 327 Å². The molecule has 4 aliphatic heterocycles. The fourth-order valence-corrected chi connectivity index (χ4v) is 19.8. The first-order valence-corrected chi connectivity index (χ1v) is 49.9. The number of primary amides is 3. The molecule has 0 atom stereocenters. The molecule has 33 heteroatoms. The van der Waals surface area contributed by atoms with E-state index in [0.717, 1.165) is 150 Å². The zero-order chi connectivity index (χ0) is 94.6. The van der Waals surface area contributed by atoms with E-state index in [1.807, 2.05) is 88.2 Å². The minimum atomic E-state index is -1.04.